The van der Waals surface area contributed by atoms with E-state index in [2.05, 4.69) is 0 Å². The lowest BCUT2D eigenvalue weighted by molar-refractivity contribution is -0.384. The number of hydrogen-bond acceptors (Lipinski definition) is 4. The van der Waals surface area contributed by atoms with Crippen LogP contribution in [0.25, 0.3) is 16.7 Å². The second-order valence-corrected chi connectivity index (χ2v) is 6.32. The third kappa shape index (κ3) is 3.23. The molecule has 0 aliphatic carbocycles. The summed E-state index contributed by atoms with van der Waals surface area (Å²) >= 11 is 1.54. The van der Waals surface area contributed by atoms with Gasteiger partial charge in [-0.2, -0.15) is 0 Å². The fourth-order valence-corrected chi connectivity index (χ4v) is 3.28. The number of rotatable bonds is 5. The van der Waals surface area contributed by atoms with Crippen LogP contribution in [0.4, 0.5) is 5.69 Å². The van der Waals surface area contributed by atoms with E-state index >= 15 is 0 Å². The van der Waals surface area contributed by atoms with Crippen molar-refractivity contribution in [2.24, 2.45) is 0 Å². The maximum atomic E-state index is 13.0. The summed E-state index contributed by atoms with van der Waals surface area (Å²) in [5.41, 5.74) is 3.29. The molecule has 3 rings (SSSR count). The van der Waals surface area contributed by atoms with Crippen LogP contribution in [0.5, 0.6) is 0 Å². The Morgan fingerprint density at radius 2 is 1.80 bits per heavy atom. The first-order valence-electron chi connectivity index (χ1n) is 7.66. The number of benzene rings is 2. The third-order valence-electron chi connectivity index (χ3n) is 3.96. The molecule has 0 aliphatic rings. The van der Waals surface area contributed by atoms with Gasteiger partial charge in [0.2, 0.25) is 0 Å². The van der Waals surface area contributed by atoms with Crippen molar-refractivity contribution in [3.05, 3.63) is 80.1 Å². The first-order chi connectivity index (χ1) is 12.0. The molecule has 0 saturated heterocycles. The van der Waals surface area contributed by atoms with Crippen LogP contribution < -0.4 is 5.69 Å². The van der Waals surface area contributed by atoms with Crippen LogP contribution in [0, 0.1) is 10.1 Å². The third-order valence-corrected chi connectivity index (χ3v) is 4.54. The minimum absolute atomic E-state index is 0.0391. The molecular weight excluding hydrogens is 338 g/mol. The Labute approximate surface area is 148 Å². The largest absolute Gasteiger partial charge is 0.333 e. The predicted molar refractivity (Wildman–Crippen MR) is 102 cm³/mol. The molecular formula is C18H17N3O3S. The number of imidazole rings is 1. The van der Waals surface area contributed by atoms with Crippen molar-refractivity contribution >= 4 is 34.2 Å². The highest BCUT2D eigenvalue weighted by Crippen LogP contribution is 2.20. The molecule has 2 aromatic carbocycles. The zero-order valence-corrected chi connectivity index (χ0v) is 14.7. The minimum atomic E-state index is -0.432. The topological polar surface area (TPSA) is 70.1 Å². The van der Waals surface area contributed by atoms with Gasteiger partial charge in [-0.15, -0.1) is 11.8 Å². The molecule has 7 heteroatoms. The van der Waals surface area contributed by atoms with Crippen molar-refractivity contribution in [3.63, 3.8) is 0 Å². The number of hydrogen-bond donors (Lipinski definition) is 0. The van der Waals surface area contributed by atoms with E-state index in [4.69, 9.17) is 0 Å². The van der Waals surface area contributed by atoms with E-state index in [9.17, 15) is 14.9 Å². The fraction of sp³-hybridized carbons (Fsp3) is 0.167. The summed E-state index contributed by atoms with van der Waals surface area (Å²) in [4.78, 5) is 23.3. The van der Waals surface area contributed by atoms with Gasteiger partial charge < -0.3 is 0 Å². The van der Waals surface area contributed by atoms with Crippen LogP contribution in [0.15, 0.2) is 58.7 Å². The molecule has 0 atom stereocenters. The fourth-order valence-electron chi connectivity index (χ4n) is 2.83. The monoisotopic (exact) mass is 355 g/mol. The zero-order valence-electron chi connectivity index (χ0n) is 13.9. The molecule has 128 valence electrons. The predicted octanol–water partition coefficient (Wildman–Crippen LogP) is 3.94. The average Bonchev–Trinajstić information content (AvgIpc) is 2.88. The number of para-hydroxylation sites is 2. The summed E-state index contributed by atoms with van der Waals surface area (Å²) in [7, 11) is 0. The molecule has 0 aliphatic heterocycles. The summed E-state index contributed by atoms with van der Waals surface area (Å²) in [6.07, 6.45) is 1.95. The van der Waals surface area contributed by atoms with Gasteiger partial charge in [0, 0.05) is 17.8 Å². The van der Waals surface area contributed by atoms with E-state index in [0.717, 1.165) is 22.3 Å². The van der Waals surface area contributed by atoms with Crippen molar-refractivity contribution in [1.82, 2.24) is 9.13 Å². The number of non-ortho nitro benzene ring substituents is 1. The van der Waals surface area contributed by atoms with Gasteiger partial charge in [0.25, 0.3) is 5.69 Å². The maximum absolute atomic E-state index is 13.0. The Balaban J connectivity index is 2.10. The zero-order chi connectivity index (χ0) is 18.0. The lowest BCUT2D eigenvalue weighted by Gasteiger charge is -2.04. The Bertz CT molecular complexity index is 1020. The number of nitrogens with zero attached hydrogens (tertiary/aromatic N) is 3. The highest BCUT2D eigenvalue weighted by atomic mass is 32.2. The molecule has 0 amide bonds. The van der Waals surface area contributed by atoms with Gasteiger partial charge in [-0.05, 0) is 36.3 Å². The molecule has 6 nitrogen and oxygen atoms in total. The second-order valence-electron chi connectivity index (χ2n) is 5.61. The number of fused-ring (bicyclic) bond motifs is 1. The van der Waals surface area contributed by atoms with Crippen LogP contribution in [-0.2, 0) is 6.54 Å². The molecule has 0 fully saturated rings. The highest BCUT2D eigenvalue weighted by Gasteiger charge is 2.14. The standard InChI is InChI=1S/C18H17N3O3S/c1-13(12-25-2)20-17-6-4-3-5-16(17)19(18(20)22)11-14-7-9-15(10-8-14)21(23)24/h3-10,12H,11H2,1-2H3/b13-12-. The molecule has 0 saturated carbocycles. The van der Waals surface area contributed by atoms with E-state index in [1.807, 2.05) is 42.9 Å². The molecule has 0 spiro atoms. The first-order valence-corrected chi connectivity index (χ1v) is 8.95. The Hall–Kier alpha value is -2.80. The van der Waals surface area contributed by atoms with Gasteiger partial charge in [0.1, 0.15) is 0 Å². The lowest BCUT2D eigenvalue weighted by Crippen LogP contribution is -2.23. The Kier molecular flexibility index (Phi) is 4.76. The van der Waals surface area contributed by atoms with Crippen molar-refractivity contribution in [2.45, 2.75) is 13.5 Å². The summed E-state index contributed by atoms with van der Waals surface area (Å²) in [5, 5.41) is 12.7. The van der Waals surface area contributed by atoms with E-state index in [1.165, 1.54) is 12.1 Å². The van der Waals surface area contributed by atoms with E-state index < -0.39 is 4.92 Å². The van der Waals surface area contributed by atoms with Crippen LogP contribution in [0.3, 0.4) is 0 Å². The number of allylic oxidation sites excluding steroid dienone is 1. The van der Waals surface area contributed by atoms with Crippen molar-refractivity contribution in [2.75, 3.05) is 6.26 Å². The maximum Gasteiger partial charge on any atom is 0.333 e. The Morgan fingerprint density at radius 3 is 2.40 bits per heavy atom. The highest BCUT2D eigenvalue weighted by molar-refractivity contribution is 8.01. The van der Waals surface area contributed by atoms with Crippen molar-refractivity contribution in [1.29, 1.82) is 0 Å². The molecule has 0 unspecified atom stereocenters. The van der Waals surface area contributed by atoms with Gasteiger partial charge in [0.05, 0.1) is 22.5 Å². The molecule has 3 aromatic rings. The molecule has 1 heterocycles. The van der Waals surface area contributed by atoms with Gasteiger partial charge in [-0.25, -0.2) is 4.79 Å². The van der Waals surface area contributed by atoms with Gasteiger partial charge in [-0.1, -0.05) is 24.3 Å². The molecule has 0 N–H and O–H groups in total. The first kappa shape index (κ1) is 17.0. The van der Waals surface area contributed by atoms with Crippen LogP contribution in [0.1, 0.15) is 12.5 Å². The SMILES string of the molecule is CS/C=C(/C)n1c(=O)n(Cc2ccc([N+](=O)[O-])cc2)c2ccccc21. The Morgan fingerprint density at radius 1 is 1.16 bits per heavy atom. The van der Waals surface area contributed by atoms with Crippen molar-refractivity contribution in [3.8, 4) is 0 Å². The van der Waals surface area contributed by atoms with Crippen LogP contribution in [-0.4, -0.2) is 20.3 Å². The lowest BCUT2D eigenvalue weighted by atomic mass is 10.2. The normalized spacial score (nSPS) is 11.8. The number of nitro groups is 1. The van der Waals surface area contributed by atoms with Crippen molar-refractivity contribution < 1.29 is 4.92 Å². The smallest absolute Gasteiger partial charge is 0.287 e. The molecule has 0 bridgehead atoms. The molecule has 25 heavy (non-hydrogen) atoms. The van der Waals surface area contributed by atoms with Gasteiger partial charge in [-0.3, -0.25) is 19.2 Å². The summed E-state index contributed by atoms with van der Waals surface area (Å²) in [6.45, 7) is 2.26. The van der Waals surface area contributed by atoms with E-state index in [1.54, 1.807) is 33.0 Å². The minimum Gasteiger partial charge on any atom is -0.287 e. The second kappa shape index (κ2) is 6.98. The van der Waals surface area contributed by atoms with Gasteiger partial charge >= 0.3 is 5.69 Å². The van der Waals surface area contributed by atoms with Crippen LogP contribution >= 0.6 is 11.8 Å². The molecule has 1 aromatic heterocycles. The van der Waals surface area contributed by atoms with E-state index in [0.29, 0.717) is 6.54 Å². The number of aromatic nitrogens is 2. The van der Waals surface area contributed by atoms with Crippen LogP contribution in [0.2, 0.25) is 0 Å². The summed E-state index contributed by atoms with van der Waals surface area (Å²) in [6, 6.07) is 13.9. The number of nitro benzene ring substituents is 1. The van der Waals surface area contributed by atoms with Gasteiger partial charge in [0.15, 0.2) is 0 Å². The average molecular weight is 355 g/mol. The summed E-state index contributed by atoms with van der Waals surface area (Å²) in [5.74, 6) is 0. The van der Waals surface area contributed by atoms with E-state index in [-0.39, 0.29) is 11.4 Å². The quantitative estimate of drug-likeness (QED) is 0.513. The number of thioether (sulfide) groups is 1. The summed E-state index contributed by atoms with van der Waals surface area (Å²) < 4.78 is 3.38. The molecule has 0 radical (unpaired) electrons.